The molecule has 1 amide bonds. The first kappa shape index (κ1) is 10.1. The van der Waals surface area contributed by atoms with Crippen molar-refractivity contribution >= 4 is 11.7 Å². The molecule has 1 atom stereocenters. The standard InChI is InChI=1S/C7H13NO3/c1-3-6(10)4-8-7(11)5(2)9/h6,10H,3-4H2,1-2H3,(H,8,11)/t6-/m1/s1. The van der Waals surface area contributed by atoms with Gasteiger partial charge in [0.25, 0.3) is 5.91 Å². The molecule has 0 aliphatic carbocycles. The molecule has 0 bridgehead atoms. The molecule has 0 aromatic heterocycles. The molecule has 0 saturated carbocycles. The van der Waals surface area contributed by atoms with Crippen molar-refractivity contribution in [2.45, 2.75) is 26.4 Å². The largest absolute Gasteiger partial charge is 0.391 e. The molecule has 4 nitrogen and oxygen atoms in total. The molecular weight excluding hydrogens is 146 g/mol. The third-order valence-electron chi connectivity index (χ3n) is 1.29. The van der Waals surface area contributed by atoms with Crippen LogP contribution in [0.3, 0.4) is 0 Å². The maximum absolute atomic E-state index is 10.6. The van der Waals surface area contributed by atoms with E-state index in [1.807, 2.05) is 0 Å². The summed E-state index contributed by atoms with van der Waals surface area (Å²) in [5.74, 6) is -1.18. The predicted octanol–water partition coefficient (Wildman–Crippen LogP) is -0.538. The van der Waals surface area contributed by atoms with Gasteiger partial charge in [0.1, 0.15) is 0 Å². The SMILES string of the molecule is CC[C@@H](O)CNC(=O)C(C)=O. The molecule has 0 aliphatic heterocycles. The van der Waals surface area contributed by atoms with Gasteiger partial charge in [0.15, 0.2) is 0 Å². The zero-order valence-corrected chi connectivity index (χ0v) is 6.76. The van der Waals surface area contributed by atoms with Crippen LogP contribution in [0.2, 0.25) is 0 Å². The number of carbonyl (C=O) groups excluding carboxylic acids is 2. The van der Waals surface area contributed by atoms with Gasteiger partial charge in [-0.15, -0.1) is 0 Å². The van der Waals surface area contributed by atoms with Crippen LogP contribution in [0.5, 0.6) is 0 Å². The lowest BCUT2D eigenvalue weighted by Gasteiger charge is -2.07. The number of aliphatic hydroxyl groups is 1. The highest BCUT2D eigenvalue weighted by atomic mass is 16.3. The number of Topliss-reactive ketones (excluding diaryl/α,β-unsaturated/α-hetero) is 1. The Hall–Kier alpha value is -0.900. The Kier molecular flexibility index (Phi) is 4.45. The van der Waals surface area contributed by atoms with Crippen LogP contribution in [-0.4, -0.2) is 29.4 Å². The lowest BCUT2D eigenvalue weighted by molar-refractivity contribution is -0.136. The van der Waals surface area contributed by atoms with Crippen LogP contribution in [0.25, 0.3) is 0 Å². The summed E-state index contributed by atoms with van der Waals surface area (Å²) in [5.41, 5.74) is 0. The van der Waals surface area contributed by atoms with Crippen molar-refractivity contribution in [3.05, 3.63) is 0 Å². The van der Waals surface area contributed by atoms with Gasteiger partial charge in [-0.05, 0) is 6.42 Å². The summed E-state index contributed by atoms with van der Waals surface area (Å²) < 4.78 is 0. The van der Waals surface area contributed by atoms with Crippen molar-refractivity contribution in [2.24, 2.45) is 0 Å². The van der Waals surface area contributed by atoms with Gasteiger partial charge in [-0.3, -0.25) is 9.59 Å². The topological polar surface area (TPSA) is 66.4 Å². The first-order valence-corrected chi connectivity index (χ1v) is 3.54. The number of carbonyl (C=O) groups is 2. The molecule has 0 fully saturated rings. The summed E-state index contributed by atoms with van der Waals surface area (Å²) in [6, 6.07) is 0. The fourth-order valence-electron chi connectivity index (χ4n) is 0.479. The van der Waals surface area contributed by atoms with Gasteiger partial charge in [-0.25, -0.2) is 0 Å². The second-order valence-corrected chi connectivity index (χ2v) is 2.33. The van der Waals surface area contributed by atoms with E-state index in [1.165, 1.54) is 6.92 Å². The average Bonchev–Trinajstić information content (AvgIpc) is 1.99. The fourth-order valence-corrected chi connectivity index (χ4v) is 0.479. The smallest absolute Gasteiger partial charge is 0.287 e. The lowest BCUT2D eigenvalue weighted by Crippen LogP contribution is -2.35. The second kappa shape index (κ2) is 4.85. The molecule has 0 radical (unpaired) electrons. The molecule has 0 aromatic carbocycles. The predicted molar refractivity (Wildman–Crippen MR) is 40.0 cm³/mol. The fraction of sp³-hybridized carbons (Fsp3) is 0.714. The monoisotopic (exact) mass is 159 g/mol. The molecule has 0 unspecified atom stereocenters. The van der Waals surface area contributed by atoms with Gasteiger partial charge in [0.05, 0.1) is 6.10 Å². The number of rotatable bonds is 4. The van der Waals surface area contributed by atoms with E-state index in [4.69, 9.17) is 5.11 Å². The normalized spacial score (nSPS) is 12.3. The number of nitrogens with one attached hydrogen (secondary N) is 1. The summed E-state index contributed by atoms with van der Waals surface area (Å²) in [6.45, 7) is 3.13. The maximum Gasteiger partial charge on any atom is 0.287 e. The van der Waals surface area contributed by atoms with E-state index in [9.17, 15) is 9.59 Å². The molecule has 4 heteroatoms. The third kappa shape index (κ3) is 4.50. The van der Waals surface area contributed by atoms with E-state index in [2.05, 4.69) is 5.32 Å². The third-order valence-corrected chi connectivity index (χ3v) is 1.29. The van der Waals surface area contributed by atoms with Crippen molar-refractivity contribution < 1.29 is 14.7 Å². The average molecular weight is 159 g/mol. The zero-order chi connectivity index (χ0) is 8.85. The zero-order valence-electron chi connectivity index (χ0n) is 6.76. The first-order chi connectivity index (χ1) is 5.07. The molecule has 2 N–H and O–H groups in total. The van der Waals surface area contributed by atoms with Crippen LogP contribution < -0.4 is 5.32 Å². The second-order valence-electron chi connectivity index (χ2n) is 2.33. The highest BCUT2D eigenvalue weighted by Gasteiger charge is 2.08. The van der Waals surface area contributed by atoms with Crippen molar-refractivity contribution in [1.82, 2.24) is 5.32 Å². The Morgan fingerprint density at radius 3 is 2.45 bits per heavy atom. The number of ketones is 1. The molecule has 0 rings (SSSR count). The van der Waals surface area contributed by atoms with Gasteiger partial charge in [-0.2, -0.15) is 0 Å². The molecule has 0 aliphatic rings. The minimum Gasteiger partial charge on any atom is -0.391 e. The van der Waals surface area contributed by atoms with Crippen molar-refractivity contribution in [2.75, 3.05) is 6.54 Å². The van der Waals surface area contributed by atoms with Crippen LogP contribution in [0.1, 0.15) is 20.3 Å². The van der Waals surface area contributed by atoms with Gasteiger partial charge in [-0.1, -0.05) is 6.92 Å². The summed E-state index contributed by atoms with van der Waals surface area (Å²) in [7, 11) is 0. The van der Waals surface area contributed by atoms with Gasteiger partial charge in [0, 0.05) is 13.5 Å². The van der Waals surface area contributed by atoms with Crippen LogP contribution in [0.4, 0.5) is 0 Å². The molecule has 64 valence electrons. The lowest BCUT2D eigenvalue weighted by atomic mass is 10.3. The summed E-state index contributed by atoms with van der Waals surface area (Å²) in [6.07, 6.45) is 0.0105. The van der Waals surface area contributed by atoms with Gasteiger partial charge < -0.3 is 10.4 Å². The Labute approximate surface area is 65.6 Å². The van der Waals surface area contributed by atoms with E-state index < -0.39 is 17.8 Å². The van der Waals surface area contributed by atoms with E-state index >= 15 is 0 Å². The highest BCUT2D eigenvalue weighted by Crippen LogP contribution is 1.85. The van der Waals surface area contributed by atoms with E-state index in [-0.39, 0.29) is 6.54 Å². The number of hydrogen-bond donors (Lipinski definition) is 2. The van der Waals surface area contributed by atoms with Crippen LogP contribution >= 0.6 is 0 Å². The van der Waals surface area contributed by atoms with E-state index in [0.29, 0.717) is 6.42 Å². The Bertz CT molecular complexity index is 156. The molecule has 0 aromatic rings. The van der Waals surface area contributed by atoms with E-state index in [0.717, 1.165) is 0 Å². The van der Waals surface area contributed by atoms with Crippen molar-refractivity contribution in [3.8, 4) is 0 Å². The molecule has 0 spiro atoms. The van der Waals surface area contributed by atoms with Crippen LogP contribution in [-0.2, 0) is 9.59 Å². The highest BCUT2D eigenvalue weighted by molar-refractivity contribution is 6.35. The van der Waals surface area contributed by atoms with Crippen LogP contribution in [0, 0.1) is 0 Å². The maximum atomic E-state index is 10.6. The van der Waals surface area contributed by atoms with Crippen LogP contribution in [0.15, 0.2) is 0 Å². The Morgan fingerprint density at radius 1 is 1.55 bits per heavy atom. The molecule has 0 heterocycles. The number of amides is 1. The minimum atomic E-state index is -0.641. The quantitative estimate of drug-likeness (QED) is 0.541. The number of aliphatic hydroxyl groups excluding tert-OH is 1. The molecular formula is C7H13NO3. The summed E-state index contributed by atoms with van der Waals surface area (Å²) >= 11 is 0. The van der Waals surface area contributed by atoms with E-state index in [1.54, 1.807) is 6.92 Å². The Balaban J connectivity index is 3.54. The summed E-state index contributed by atoms with van der Waals surface area (Å²) in [5, 5.41) is 11.3. The summed E-state index contributed by atoms with van der Waals surface area (Å²) in [4.78, 5) is 20.9. The van der Waals surface area contributed by atoms with Gasteiger partial charge >= 0.3 is 0 Å². The van der Waals surface area contributed by atoms with Crippen molar-refractivity contribution in [1.29, 1.82) is 0 Å². The van der Waals surface area contributed by atoms with Gasteiger partial charge in [0.2, 0.25) is 5.78 Å². The van der Waals surface area contributed by atoms with Crippen molar-refractivity contribution in [3.63, 3.8) is 0 Å². The molecule has 11 heavy (non-hydrogen) atoms. The minimum absolute atomic E-state index is 0.148. The molecule has 0 saturated heterocycles. The number of hydrogen-bond acceptors (Lipinski definition) is 3. The first-order valence-electron chi connectivity index (χ1n) is 3.54. The Morgan fingerprint density at radius 2 is 2.09 bits per heavy atom.